The molecule has 0 fully saturated rings. The number of esters is 1. The topological polar surface area (TPSA) is 61.2 Å². The molecule has 0 spiro atoms. The summed E-state index contributed by atoms with van der Waals surface area (Å²) in [5.41, 5.74) is 5.23. The first-order valence-electron chi connectivity index (χ1n) is 9.77. The SMILES string of the molecule is COC(=O)/C=C/c1nn(-c2ccccc2)c(-c2ccccc2)c1-c1ccccc1C=O. The Morgan fingerprint density at radius 2 is 1.55 bits per heavy atom. The summed E-state index contributed by atoms with van der Waals surface area (Å²) in [6.45, 7) is 0. The Kier molecular flexibility index (Phi) is 5.85. The number of aldehydes is 1. The maximum absolute atomic E-state index is 11.8. The highest BCUT2D eigenvalue weighted by atomic mass is 16.5. The third-order valence-electron chi connectivity index (χ3n) is 4.90. The number of nitrogens with zero attached hydrogens (tertiary/aromatic N) is 2. The molecular weight excluding hydrogens is 388 g/mol. The fourth-order valence-corrected chi connectivity index (χ4v) is 3.48. The van der Waals surface area contributed by atoms with Crippen LogP contribution in [0.15, 0.2) is 91.0 Å². The molecule has 0 unspecified atom stereocenters. The van der Waals surface area contributed by atoms with Gasteiger partial charge in [0.25, 0.3) is 0 Å². The standard InChI is InChI=1S/C26H20N2O3/c1-31-24(30)17-16-23-25(22-15-9-8-12-20(22)18-29)26(19-10-4-2-5-11-19)28(27-23)21-13-6-3-7-14-21/h2-18H,1H3/b17-16+. The zero-order chi connectivity index (χ0) is 21.6. The number of benzene rings is 3. The second kappa shape index (κ2) is 9.05. The van der Waals surface area contributed by atoms with Crippen molar-refractivity contribution in [1.29, 1.82) is 0 Å². The van der Waals surface area contributed by atoms with Crippen molar-refractivity contribution in [3.8, 4) is 28.1 Å². The van der Waals surface area contributed by atoms with Crippen molar-refractivity contribution in [2.45, 2.75) is 0 Å². The van der Waals surface area contributed by atoms with Crippen LogP contribution < -0.4 is 0 Å². The summed E-state index contributed by atoms with van der Waals surface area (Å²) in [4.78, 5) is 23.6. The van der Waals surface area contributed by atoms with E-state index in [-0.39, 0.29) is 0 Å². The minimum absolute atomic E-state index is 0.481. The van der Waals surface area contributed by atoms with Crippen molar-refractivity contribution in [2.75, 3.05) is 7.11 Å². The highest BCUT2D eigenvalue weighted by Gasteiger charge is 2.22. The number of hydrogen-bond acceptors (Lipinski definition) is 4. The van der Waals surface area contributed by atoms with Gasteiger partial charge in [-0.05, 0) is 23.8 Å². The van der Waals surface area contributed by atoms with Crippen LogP contribution in [0.3, 0.4) is 0 Å². The Balaban J connectivity index is 2.08. The molecule has 31 heavy (non-hydrogen) atoms. The van der Waals surface area contributed by atoms with Gasteiger partial charge in [0.2, 0.25) is 0 Å². The Labute approximate surface area is 180 Å². The molecule has 1 aromatic heterocycles. The smallest absolute Gasteiger partial charge is 0.330 e. The van der Waals surface area contributed by atoms with Crippen LogP contribution in [-0.2, 0) is 9.53 Å². The van der Waals surface area contributed by atoms with Gasteiger partial charge in [-0.3, -0.25) is 4.79 Å². The first-order chi connectivity index (χ1) is 15.2. The molecule has 152 valence electrons. The molecule has 1 heterocycles. The molecule has 0 bridgehead atoms. The lowest BCUT2D eigenvalue weighted by Crippen LogP contribution is -1.99. The third-order valence-corrected chi connectivity index (χ3v) is 4.90. The molecule has 0 saturated carbocycles. The predicted octanol–water partition coefficient (Wildman–Crippen LogP) is 5.21. The van der Waals surface area contributed by atoms with Crippen molar-refractivity contribution in [2.24, 2.45) is 0 Å². The van der Waals surface area contributed by atoms with E-state index < -0.39 is 5.97 Å². The molecule has 0 aliphatic rings. The zero-order valence-electron chi connectivity index (χ0n) is 16.9. The lowest BCUT2D eigenvalue weighted by atomic mass is 9.95. The molecule has 0 amide bonds. The van der Waals surface area contributed by atoms with Crippen LogP contribution in [0.5, 0.6) is 0 Å². The summed E-state index contributed by atoms with van der Waals surface area (Å²) in [7, 11) is 1.33. The average Bonchev–Trinajstić information content (AvgIpc) is 3.22. The number of aromatic nitrogens is 2. The lowest BCUT2D eigenvalue weighted by molar-refractivity contribution is -0.134. The fraction of sp³-hybridized carbons (Fsp3) is 0.0385. The maximum Gasteiger partial charge on any atom is 0.330 e. The van der Waals surface area contributed by atoms with Gasteiger partial charge in [0.15, 0.2) is 6.29 Å². The maximum atomic E-state index is 11.8. The first-order valence-corrected chi connectivity index (χ1v) is 9.77. The van der Waals surface area contributed by atoms with Gasteiger partial charge in [-0.25, -0.2) is 9.48 Å². The van der Waals surface area contributed by atoms with Crippen LogP contribution in [0.4, 0.5) is 0 Å². The molecule has 0 saturated heterocycles. The van der Waals surface area contributed by atoms with Gasteiger partial charge in [-0.1, -0.05) is 72.8 Å². The van der Waals surface area contributed by atoms with Gasteiger partial charge in [0, 0.05) is 22.8 Å². The summed E-state index contributed by atoms with van der Waals surface area (Å²) in [6, 6.07) is 27.0. The monoisotopic (exact) mass is 408 g/mol. The normalized spacial score (nSPS) is 10.9. The molecule has 0 aliphatic heterocycles. The molecule has 5 heteroatoms. The number of carbonyl (C=O) groups excluding carboxylic acids is 2. The van der Waals surface area contributed by atoms with E-state index in [0.29, 0.717) is 11.3 Å². The van der Waals surface area contributed by atoms with Gasteiger partial charge < -0.3 is 4.74 Å². The van der Waals surface area contributed by atoms with Crippen molar-refractivity contribution >= 4 is 18.3 Å². The Hall–Kier alpha value is -4.25. The minimum Gasteiger partial charge on any atom is -0.466 e. The quantitative estimate of drug-likeness (QED) is 0.250. The molecule has 5 nitrogen and oxygen atoms in total. The average molecular weight is 408 g/mol. The van der Waals surface area contributed by atoms with E-state index in [1.165, 1.54) is 13.2 Å². The Morgan fingerprint density at radius 3 is 2.23 bits per heavy atom. The predicted molar refractivity (Wildman–Crippen MR) is 121 cm³/mol. The van der Waals surface area contributed by atoms with Crippen LogP contribution >= 0.6 is 0 Å². The van der Waals surface area contributed by atoms with E-state index in [9.17, 15) is 9.59 Å². The minimum atomic E-state index is -0.481. The lowest BCUT2D eigenvalue weighted by Gasteiger charge is -2.11. The van der Waals surface area contributed by atoms with Gasteiger partial charge in [0.05, 0.1) is 24.2 Å². The van der Waals surface area contributed by atoms with Gasteiger partial charge in [-0.15, -0.1) is 0 Å². The van der Waals surface area contributed by atoms with Crippen LogP contribution in [0.25, 0.3) is 34.1 Å². The number of ether oxygens (including phenoxy) is 1. The molecule has 0 radical (unpaired) electrons. The number of methoxy groups -OCH3 is 1. The summed E-state index contributed by atoms with van der Waals surface area (Å²) in [6.07, 6.45) is 3.78. The van der Waals surface area contributed by atoms with E-state index in [0.717, 1.165) is 34.4 Å². The van der Waals surface area contributed by atoms with E-state index >= 15 is 0 Å². The largest absolute Gasteiger partial charge is 0.466 e. The van der Waals surface area contributed by atoms with Gasteiger partial charge in [-0.2, -0.15) is 5.10 Å². The summed E-state index contributed by atoms with van der Waals surface area (Å²) in [5, 5.41) is 4.82. The van der Waals surface area contributed by atoms with Crippen molar-refractivity contribution in [3.05, 3.63) is 102 Å². The van der Waals surface area contributed by atoms with Crippen LogP contribution in [-0.4, -0.2) is 29.1 Å². The molecule has 3 aromatic carbocycles. The molecule has 0 N–H and O–H groups in total. The number of carbonyl (C=O) groups is 2. The van der Waals surface area contributed by atoms with Crippen LogP contribution in [0.1, 0.15) is 16.1 Å². The highest BCUT2D eigenvalue weighted by molar-refractivity contribution is 5.97. The van der Waals surface area contributed by atoms with Crippen LogP contribution in [0.2, 0.25) is 0 Å². The number of hydrogen-bond donors (Lipinski definition) is 0. The highest BCUT2D eigenvalue weighted by Crippen LogP contribution is 2.38. The van der Waals surface area contributed by atoms with Gasteiger partial charge in [0.1, 0.15) is 0 Å². The summed E-state index contributed by atoms with van der Waals surface area (Å²) >= 11 is 0. The van der Waals surface area contributed by atoms with Crippen molar-refractivity contribution in [3.63, 3.8) is 0 Å². The third kappa shape index (κ3) is 4.07. The molecule has 4 rings (SSSR count). The second-order valence-corrected chi connectivity index (χ2v) is 6.78. The molecule has 0 aliphatic carbocycles. The van der Waals surface area contributed by atoms with Crippen LogP contribution in [0, 0.1) is 0 Å². The number of rotatable bonds is 6. The van der Waals surface area contributed by atoms with E-state index in [1.807, 2.05) is 83.5 Å². The molecule has 0 atom stereocenters. The van der Waals surface area contributed by atoms with Crippen molar-refractivity contribution in [1.82, 2.24) is 9.78 Å². The summed E-state index contributed by atoms with van der Waals surface area (Å²) in [5.74, 6) is -0.481. The fourth-order valence-electron chi connectivity index (χ4n) is 3.48. The molecule has 4 aromatic rings. The Bertz CT molecular complexity index is 1240. The van der Waals surface area contributed by atoms with E-state index in [1.54, 1.807) is 12.1 Å². The van der Waals surface area contributed by atoms with Gasteiger partial charge >= 0.3 is 5.97 Å². The van der Waals surface area contributed by atoms with E-state index in [4.69, 9.17) is 9.84 Å². The summed E-state index contributed by atoms with van der Waals surface area (Å²) < 4.78 is 6.59. The first kappa shape index (κ1) is 20.0. The number of para-hydroxylation sites is 1. The molecular formula is C26H20N2O3. The van der Waals surface area contributed by atoms with Crippen molar-refractivity contribution < 1.29 is 14.3 Å². The van der Waals surface area contributed by atoms with E-state index in [2.05, 4.69) is 0 Å². The zero-order valence-corrected chi connectivity index (χ0v) is 16.9. The Morgan fingerprint density at radius 1 is 0.903 bits per heavy atom. The second-order valence-electron chi connectivity index (χ2n) is 6.78.